The Bertz CT molecular complexity index is 813. The first-order chi connectivity index (χ1) is 9.24. The molecule has 0 unspecified atom stereocenters. The third-order valence-corrected chi connectivity index (χ3v) is 3.55. The second-order valence-electron chi connectivity index (χ2n) is 4.48. The number of nitrogens with one attached hydrogen (secondary N) is 1. The van der Waals surface area contributed by atoms with E-state index in [4.69, 9.17) is 21.4 Å². The van der Waals surface area contributed by atoms with E-state index in [-0.39, 0.29) is 5.92 Å². The van der Waals surface area contributed by atoms with E-state index >= 15 is 0 Å². The standard InChI is InChI=1S/C14H9ClN3O/c15-8-5-6-12-11(7-8)18-13(16)9-3-1-2-4-10(9)17-14(18)19-12/h1-7,9,16H/q+1/t9-/m1/s1. The number of allylic oxidation sites excluding steroid dienone is 4. The summed E-state index contributed by atoms with van der Waals surface area (Å²) in [6.45, 7) is 0. The van der Waals surface area contributed by atoms with Crippen LogP contribution < -0.4 is 4.57 Å². The van der Waals surface area contributed by atoms with Crippen molar-refractivity contribution in [2.75, 3.05) is 0 Å². The van der Waals surface area contributed by atoms with Gasteiger partial charge in [0, 0.05) is 11.1 Å². The van der Waals surface area contributed by atoms with Gasteiger partial charge in [0.25, 0.3) is 5.84 Å². The molecule has 1 aliphatic carbocycles. The van der Waals surface area contributed by atoms with Gasteiger partial charge in [0.15, 0.2) is 11.1 Å². The predicted molar refractivity (Wildman–Crippen MR) is 73.4 cm³/mol. The van der Waals surface area contributed by atoms with Crippen molar-refractivity contribution in [3.63, 3.8) is 0 Å². The van der Waals surface area contributed by atoms with E-state index in [1.165, 1.54) is 0 Å². The first kappa shape index (κ1) is 10.7. The Kier molecular flexibility index (Phi) is 2.05. The zero-order valence-corrected chi connectivity index (χ0v) is 10.6. The van der Waals surface area contributed by atoms with Gasteiger partial charge in [0.1, 0.15) is 11.6 Å². The number of oxazole rings is 1. The van der Waals surface area contributed by atoms with Crippen LogP contribution in [-0.4, -0.2) is 11.5 Å². The minimum absolute atomic E-state index is 0.123. The van der Waals surface area contributed by atoms with Gasteiger partial charge in [-0.05, 0) is 18.2 Å². The molecule has 19 heavy (non-hydrogen) atoms. The summed E-state index contributed by atoms with van der Waals surface area (Å²) in [5.41, 5.74) is 2.29. The van der Waals surface area contributed by atoms with E-state index in [9.17, 15) is 0 Å². The predicted octanol–water partition coefficient (Wildman–Crippen LogP) is 3.03. The first-order valence-electron chi connectivity index (χ1n) is 5.90. The summed E-state index contributed by atoms with van der Waals surface area (Å²) in [5, 5.41) is 8.97. The fraction of sp³-hybridized carbons (Fsp3) is 0.0714. The Morgan fingerprint density at radius 1 is 1.32 bits per heavy atom. The van der Waals surface area contributed by atoms with E-state index in [0.717, 1.165) is 11.2 Å². The van der Waals surface area contributed by atoms with Crippen LogP contribution in [0, 0.1) is 11.3 Å². The van der Waals surface area contributed by atoms with Crippen LogP contribution in [0.4, 0.5) is 6.01 Å². The molecule has 1 aliphatic heterocycles. The molecule has 0 amide bonds. The topological polar surface area (TPSA) is 53.2 Å². The lowest BCUT2D eigenvalue weighted by molar-refractivity contribution is -0.522. The number of hydrogen-bond donors (Lipinski definition) is 1. The van der Waals surface area contributed by atoms with Crippen LogP contribution in [0.3, 0.4) is 0 Å². The van der Waals surface area contributed by atoms with Gasteiger partial charge in [-0.15, -0.1) is 0 Å². The average molecular weight is 271 g/mol. The summed E-state index contributed by atoms with van der Waals surface area (Å²) >= 11 is 6.02. The molecule has 0 saturated carbocycles. The molecule has 0 spiro atoms. The largest absolute Gasteiger partial charge is 0.445 e. The highest BCUT2D eigenvalue weighted by atomic mass is 35.5. The fourth-order valence-electron chi connectivity index (χ4n) is 2.42. The first-order valence-corrected chi connectivity index (χ1v) is 6.28. The second kappa shape index (κ2) is 3.65. The minimum Gasteiger partial charge on any atom is -0.397 e. The molecule has 2 aromatic rings. The number of aromatic nitrogens is 1. The molecule has 4 rings (SSSR count). The Morgan fingerprint density at radius 2 is 2.21 bits per heavy atom. The molecule has 5 heteroatoms. The fourth-order valence-corrected chi connectivity index (χ4v) is 2.59. The molecule has 92 valence electrons. The van der Waals surface area contributed by atoms with Crippen LogP contribution >= 0.6 is 11.6 Å². The van der Waals surface area contributed by atoms with Crippen molar-refractivity contribution in [2.24, 2.45) is 10.9 Å². The summed E-state index contributed by atoms with van der Waals surface area (Å²) in [4.78, 5) is 4.48. The quantitative estimate of drug-likeness (QED) is 0.735. The van der Waals surface area contributed by atoms with Crippen molar-refractivity contribution < 1.29 is 8.98 Å². The summed E-state index contributed by atoms with van der Waals surface area (Å²) in [6.07, 6.45) is 7.71. The highest BCUT2D eigenvalue weighted by Crippen LogP contribution is 2.27. The summed E-state index contributed by atoms with van der Waals surface area (Å²) in [7, 11) is 0. The van der Waals surface area contributed by atoms with Gasteiger partial charge in [-0.25, -0.2) is 0 Å². The summed E-state index contributed by atoms with van der Waals surface area (Å²) in [6, 6.07) is 5.78. The Balaban J connectivity index is 2.06. The minimum atomic E-state index is -0.123. The number of rotatable bonds is 0. The number of hydrogen-bond acceptors (Lipinski definition) is 3. The zero-order chi connectivity index (χ0) is 13.0. The molecule has 2 aliphatic rings. The van der Waals surface area contributed by atoms with Gasteiger partial charge in [0.05, 0.1) is 0 Å². The number of benzene rings is 1. The maximum atomic E-state index is 8.36. The third kappa shape index (κ3) is 1.43. The lowest BCUT2D eigenvalue weighted by Crippen LogP contribution is -2.50. The highest BCUT2D eigenvalue weighted by Gasteiger charge is 2.37. The smallest absolute Gasteiger partial charge is 0.397 e. The maximum absolute atomic E-state index is 8.36. The van der Waals surface area contributed by atoms with Crippen LogP contribution in [0.5, 0.6) is 0 Å². The van der Waals surface area contributed by atoms with Gasteiger partial charge in [-0.2, -0.15) is 9.98 Å². The molecule has 1 N–H and O–H groups in total. The van der Waals surface area contributed by atoms with Crippen LogP contribution in [-0.2, 0) is 0 Å². The molecule has 0 saturated heterocycles. The Hall–Kier alpha value is -2.20. The lowest BCUT2D eigenvalue weighted by Gasteiger charge is -2.14. The number of halogens is 1. The highest BCUT2D eigenvalue weighted by molar-refractivity contribution is 6.31. The van der Waals surface area contributed by atoms with Crippen molar-refractivity contribution in [1.82, 2.24) is 0 Å². The van der Waals surface area contributed by atoms with Crippen molar-refractivity contribution >= 4 is 40.3 Å². The van der Waals surface area contributed by atoms with Gasteiger partial charge in [0.2, 0.25) is 0 Å². The number of aliphatic imine (C=N–C) groups is 1. The van der Waals surface area contributed by atoms with Crippen molar-refractivity contribution in [3.8, 4) is 0 Å². The molecule has 0 radical (unpaired) electrons. The summed E-state index contributed by atoms with van der Waals surface area (Å²) in [5.74, 6) is 0.309. The third-order valence-electron chi connectivity index (χ3n) is 3.31. The van der Waals surface area contributed by atoms with Crippen molar-refractivity contribution in [3.05, 3.63) is 47.5 Å². The van der Waals surface area contributed by atoms with E-state index in [1.807, 2.05) is 24.3 Å². The van der Waals surface area contributed by atoms with E-state index in [2.05, 4.69) is 4.99 Å². The summed E-state index contributed by atoms with van der Waals surface area (Å²) < 4.78 is 7.39. The molecule has 1 aromatic heterocycles. The van der Waals surface area contributed by atoms with Crippen molar-refractivity contribution in [1.29, 1.82) is 5.41 Å². The molecule has 0 fully saturated rings. The Morgan fingerprint density at radius 3 is 3.11 bits per heavy atom. The Labute approximate surface area is 113 Å². The van der Waals surface area contributed by atoms with Crippen LogP contribution in [0.1, 0.15) is 0 Å². The van der Waals surface area contributed by atoms with Gasteiger partial charge in [-0.3, -0.25) is 0 Å². The second-order valence-corrected chi connectivity index (χ2v) is 4.91. The molecule has 1 atom stereocenters. The maximum Gasteiger partial charge on any atom is 0.445 e. The van der Waals surface area contributed by atoms with E-state index in [1.54, 1.807) is 22.8 Å². The molecular formula is C14H9ClN3O+. The monoisotopic (exact) mass is 270 g/mol. The molecule has 0 bridgehead atoms. The zero-order valence-electron chi connectivity index (χ0n) is 9.80. The lowest BCUT2D eigenvalue weighted by atomic mass is 9.96. The molecular weight excluding hydrogens is 262 g/mol. The van der Waals surface area contributed by atoms with Crippen molar-refractivity contribution in [2.45, 2.75) is 0 Å². The SMILES string of the molecule is N=C1[C@@H]2C=CC=CC2=Nc2oc3ccc(Cl)cc3[n+]21. The van der Waals surface area contributed by atoms with Gasteiger partial charge >= 0.3 is 6.01 Å². The molecule has 1 aromatic carbocycles. The number of nitrogens with zero attached hydrogens (tertiary/aromatic N) is 2. The van der Waals surface area contributed by atoms with Gasteiger partial charge < -0.3 is 4.42 Å². The normalized spacial score (nSPS) is 20.4. The van der Waals surface area contributed by atoms with Crippen LogP contribution in [0.2, 0.25) is 5.02 Å². The number of fused-ring (bicyclic) bond motifs is 4. The van der Waals surface area contributed by atoms with Gasteiger partial charge in [-0.1, -0.05) is 34.8 Å². The molecule has 4 nitrogen and oxygen atoms in total. The van der Waals surface area contributed by atoms with E-state index < -0.39 is 0 Å². The molecule has 2 heterocycles. The average Bonchev–Trinajstić information content (AvgIpc) is 2.76. The van der Waals surface area contributed by atoms with E-state index in [0.29, 0.717) is 22.5 Å². The van der Waals surface area contributed by atoms with Crippen LogP contribution in [0.25, 0.3) is 11.1 Å². The van der Waals surface area contributed by atoms with Crippen LogP contribution in [0.15, 0.2) is 51.9 Å².